The molecule has 5 nitrogen and oxygen atoms in total. The standard InChI is InChI=1S/C14H14N2O3S/c1-11-9-12(10-15)4-5-14(11)20(17,18)16-7-6-13-3-2-8-19-13/h2-5,8-9,16H,6-7H2,1H3. The fourth-order valence-electron chi connectivity index (χ4n) is 1.86. The SMILES string of the molecule is Cc1cc(C#N)ccc1S(=O)(=O)NCCc1ccco1. The lowest BCUT2D eigenvalue weighted by molar-refractivity contribution is 0.506. The van der Waals surface area contributed by atoms with Crippen LogP contribution in [-0.4, -0.2) is 15.0 Å². The van der Waals surface area contributed by atoms with Crippen LogP contribution in [0.4, 0.5) is 0 Å². The smallest absolute Gasteiger partial charge is 0.240 e. The molecule has 0 aliphatic carbocycles. The van der Waals surface area contributed by atoms with Gasteiger partial charge in [-0.1, -0.05) is 0 Å². The average molecular weight is 290 g/mol. The molecule has 2 aromatic rings. The molecule has 0 amide bonds. The third-order valence-corrected chi connectivity index (χ3v) is 4.46. The molecule has 0 atom stereocenters. The van der Waals surface area contributed by atoms with Gasteiger partial charge in [-0.2, -0.15) is 5.26 Å². The van der Waals surface area contributed by atoms with Gasteiger partial charge in [0.2, 0.25) is 10.0 Å². The Kier molecular flexibility index (Phi) is 4.23. The lowest BCUT2D eigenvalue weighted by atomic mass is 10.2. The summed E-state index contributed by atoms with van der Waals surface area (Å²) < 4.78 is 32.0. The Morgan fingerprint density at radius 1 is 1.35 bits per heavy atom. The van der Waals surface area contributed by atoms with Gasteiger partial charge in [0.15, 0.2) is 0 Å². The minimum atomic E-state index is -3.57. The number of hydrogen-bond donors (Lipinski definition) is 1. The van der Waals surface area contributed by atoms with Crippen molar-refractivity contribution < 1.29 is 12.8 Å². The largest absolute Gasteiger partial charge is 0.469 e. The topological polar surface area (TPSA) is 83.1 Å². The van der Waals surface area contributed by atoms with Crippen molar-refractivity contribution >= 4 is 10.0 Å². The zero-order chi connectivity index (χ0) is 14.6. The molecule has 0 saturated carbocycles. The third kappa shape index (κ3) is 3.26. The quantitative estimate of drug-likeness (QED) is 0.912. The van der Waals surface area contributed by atoms with Gasteiger partial charge in [-0.25, -0.2) is 13.1 Å². The predicted molar refractivity (Wildman–Crippen MR) is 73.5 cm³/mol. The second-order valence-corrected chi connectivity index (χ2v) is 6.05. The van der Waals surface area contributed by atoms with Crippen molar-refractivity contribution in [3.05, 3.63) is 53.5 Å². The van der Waals surface area contributed by atoms with E-state index in [-0.39, 0.29) is 11.4 Å². The van der Waals surface area contributed by atoms with Gasteiger partial charge in [0.05, 0.1) is 22.8 Å². The summed E-state index contributed by atoms with van der Waals surface area (Å²) >= 11 is 0. The molecule has 20 heavy (non-hydrogen) atoms. The zero-order valence-electron chi connectivity index (χ0n) is 11.0. The monoisotopic (exact) mass is 290 g/mol. The van der Waals surface area contributed by atoms with Crippen molar-refractivity contribution in [3.63, 3.8) is 0 Å². The minimum Gasteiger partial charge on any atom is -0.469 e. The number of benzene rings is 1. The first kappa shape index (κ1) is 14.3. The molecule has 0 aliphatic heterocycles. The highest BCUT2D eigenvalue weighted by Crippen LogP contribution is 2.16. The number of hydrogen-bond acceptors (Lipinski definition) is 4. The second kappa shape index (κ2) is 5.90. The lowest BCUT2D eigenvalue weighted by Crippen LogP contribution is -2.26. The Bertz CT molecular complexity index is 728. The summed E-state index contributed by atoms with van der Waals surface area (Å²) in [7, 11) is -3.57. The lowest BCUT2D eigenvalue weighted by Gasteiger charge is -2.08. The molecule has 0 bridgehead atoms. The highest BCUT2D eigenvalue weighted by molar-refractivity contribution is 7.89. The molecule has 0 saturated heterocycles. The van der Waals surface area contributed by atoms with E-state index in [0.29, 0.717) is 17.5 Å². The van der Waals surface area contributed by atoms with Gasteiger partial charge in [0, 0.05) is 13.0 Å². The maximum absolute atomic E-state index is 12.2. The molecule has 0 aliphatic rings. The summed E-state index contributed by atoms with van der Waals surface area (Å²) in [5.74, 6) is 0.726. The molecule has 104 valence electrons. The molecule has 1 N–H and O–H groups in total. The number of nitrogens with zero attached hydrogens (tertiary/aromatic N) is 1. The molecule has 0 fully saturated rings. The summed E-state index contributed by atoms with van der Waals surface area (Å²) in [5.41, 5.74) is 0.992. The highest BCUT2D eigenvalue weighted by Gasteiger charge is 2.16. The van der Waals surface area contributed by atoms with E-state index in [0.717, 1.165) is 5.76 Å². The fourth-order valence-corrected chi connectivity index (χ4v) is 3.12. The van der Waals surface area contributed by atoms with Crippen molar-refractivity contribution in [2.45, 2.75) is 18.2 Å². The van der Waals surface area contributed by atoms with Crippen LogP contribution in [0.25, 0.3) is 0 Å². The molecular formula is C14H14N2O3S. The number of rotatable bonds is 5. The van der Waals surface area contributed by atoms with Crippen molar-refractivity contribution in [1.29, 1.82) is 5.26 Å². The zero-order valence-corrected chi connectivity index (χ0v) is 11.8. The van der Waals surface area contributed by atoms with Gasteiger partial charge in [0.25, 0.3) is 0 Å². The van der Waals surface area contributed by atoms with Crippen LogP contribution in [0.3, 0.4) is 0 Å². The molecule has 1 aromatic heterocycles. The minimum absolute atomic E-state index is 0.191. The normalized spacial score (nSPS) is 11.2. The first-order chi connectivity index (χ1) is 9.53. The maximum atomic E-state index is 12.2. The van der Waals surface area contributed by atoms with Crippen LogP contribution in [0, 0.1) is 18.3 Å². The van der Waals surface area contributed by atoms with Crippen molar-refractivity contribution in [1.82, 2.24) is 4.72 Å². The molecule has 0 radical (unpaired) electrons. The van der Waals surface area contributed by atoms with Crippen LogP contribution in [0.2, 0.25) is 0 Å². The first-order valence-electron chi connectivity index (χ1n) is 6.06. The average Bonchev–Trinajstić information content (AvgIpc) is 2.91. The molecular weight excluding hydrogens is 276 g/mol. The summed E-state index contributed by atoms with van der Waals surface area (Å²) in [6, 6.07) is 10.0. The van der Waals surface area contributed by atoms with Gasteiger partial charge in [-0.3, -0.25) is 0 Å². The van der Waals surface area contributed by atoms with Crippen LogP contribution in [0.1, 0.15) is 16.9 Å². The van der Waals surface area contributed by atoms with Crippen LogP contribution in [0.5, 0.6) is 0 Å². The van der Waals surface area contributed by atoms with Gasteiger partial charge in [-0.15, -0.1) is 0 Å². The Hall–Kier alpha value is -2.10. The van der Waals surface area contributed by atoms with E-state index in [4.69, 9.17) is 9.68 Å². The summed E-state index contributed by atoms with van der Waals surface area (Å²) in [6.07, 6.45) is 2.04. The molecule has 2 rings (SSSR count). The van der Waals surface area contributed by atoms with E-state index >= 15 is 0 Å². The van der Waals surface area contributed by atoms with E-state index < -0.39 is 10.0 Å². The Balaban J connectivity index is 2.08. The summed E-state index contributed by atoms with van der Waals surface area (Å²) in [5, 5.41) is 8.78. The van der Waals surface area contributed by atoms with Crippen LogP contribution in [0.15, 0.2) is 45.9 Å². The van der Waals surface area contributed by atoms with Gasteiger partial charge >= 0.3 is 0 Å². The molecule has 1 aromatic carbocycles. The van der Waals surface area contributed by atoms with Crippen LogP contribution in [-0.2, 0) is 16.4 Å². The third-order valence-electron chi connectivity index (χ3n) is 2.84. The van der Waals surface area contributed by atoms with Gasteiger partial charge in [0.1, 0.15) is 5.76 Å². The van der Waals surface area contributed by atoms with Crippen LogP contribution < -0.4 is 4.72 Å². The summed E-state index contributed by atoms with van der Waals surface area (Å²) in [6.45, 7) is 1.93. The Morgan fingerprint density at radius 3 is 2.75 bits per heavy atom. The van der Waals surface area contributed by atoms with E-state index in [1.54, 1.807) is 31.4 Å². The number of furan rings is 1. The van der Waals surface area contributed by atoms with Gasteiger partial charge in [-0.05, 0) is 42.8 Å². The Morgan fingerprint density at radius 2 is 2.15 bits per heavy atom. The number of nitriles is 1. The van der Waals surface area contributed by atoms with Crippen LogP contribution >= 0.6 is 0 Å². The maximum Gasteiger partial charge on any atom is 0.240 e. The first-order valence-corrected chi connectivity index (χ1v) is 7.54. The van der Waals surface area contributed by atoms with Gasteiger partial charge < -0.3 is 4.42 Å². The van der Waals surface area contributed by atoms with E-state index in [1.165, 1.54) is 12.1 Å². The van der Waals surface area contributed by atoms with Crippen molar-refractivity contribution in [2.75, 3.05) is 6.54 Å². The Labute approximate surface area is 117 Å². The predicted octanol–water partition coefficient (Wildman–Crippen LogP) is 1.98. The number of nitrogens with one attached hydrogen (secondary N) is 1. The highest BCUT2D eigenvalue weighted by atomic mass is 32.2. The summed E-state index contributed by atoms with van der Waals surface area (Å²) in [4.78, 5) is 0.191. The number of sulfonamides is 1. The molecule has 0 spiro atoms. The van der Waals surface area contributed by atoms with E-state index in [9.17, 15) is 8.42 Å². The fraction of sp³-hybridized carbons (Fsp3) is 0.214. The number of aryl methyl sites for hydroxylation is 1. The second-order valence-electron chi connectivity index (χ2n) is 4.32. The molecule has 0 unspecified atom stereocenters. The molecule has 6 heteroatoms. The van der Waals surface area contributed by atoms with E-state index in [1.807, 2.05) is 6.07 Å². The van der Waals surface area contributed by atoms with Crippen molar-refractivity contribution in [2.24, 2.45) is 0 Å². The van der Waals surface area contributed by atoms with E-state index in [2.05, 4.69) is 4.72 Å². The van der Waals surface area contributed by atoms with Crippen molar-refractivity contribution in [3.8, 4) is 6.07 Å². The molecule has 1 heterocycles.